The fourth-order valence-electron chi connectivity index (χ4n) is 2.96. The molecule has 1 aliphatic heterocycles. The van der Waals surface area contributed by atoms with Crippen LogP contribution >= 0.6 is 0 Å². The molecule has 1 atom stereocenters. The molecule has 1 aromatic carbocycles. The van der Waals surface area contributed by atoms with Gasteiger partial charge in [0.1, 0.15) is 0 Å². The van der Waals surface area contributed by atoms with E-state index in [0.29, 0.717) is 6.04 Å². The Kier molecular flexibility index (Phi) is 5.01. The number of anilines is 2. The number of nitrogens with zero attached hydrogens (tertiary/aromatic N) is 3. The Morgan fingerprint density at radius 2 is 2.19 bits per heavy atom. The van der Waals surface area contributed by atoms with Crippen LogP contribution in [-0.2, 0) is 0 Å². The molecular weight excluding hydrogens is 268 g/mol. The molecule has 0 amide bonds. The van der Waals surface area contributed by atoms with Crippen LogP contribution in [0.5, 0.6) is 0 Å². The number of nitrogens with one attached hydrogen (secondary N) is 1. The van der Waals surface area contributed by atoms with Crippen molar-refractivity contribution in [2.24, 2.45) is 0 Å². The van der Waals surface area contributed by atoms with Gasteiger partial charge in [-0.3, -0.25) is 10.1 Å². The van der Waals surface area contributed by atoms with E-state index in [0.717, 1.165) is 43.9 Å². The molecule has 0 aromatic heterocycles. The van der Waals surface area contributed by atoms with E-state index in [1.807, 2.05) is 13.0 Å². The molecule has 6 heteroatoms. The van der Waals surface area contributed by atoms with Gasteiger partial charge in [0.25, 0.3) is 5.69 Å². The third-order valence-corrected chi connectivity index (χ3v) is 3.78. The molecule has 0 spiro atoms. The topological polar surface area (TPSA) is 61.6 Å². The Morgan fingerprint density at radius 1 is 1.43 bits per heavy atom. The van der Waals surface area contributed by atoms with Gasteiger partial charge in [0.05, 0.1) is 4.92 Å². The van der Waals surface area contributed by atoms with Crippen LogP contribution in [0, 0.1) is 10.1 Å². The summed E-state index contributed by atoms with van der Waals surface area (Å²) in [6.07, 6.45) is 2.27. The van der Waals surface area contributed by atoms with Crippen LogP contribution in [0.1, 0.15) is 19.8 Å². The minimum atomic E-state index is -0.318. The Bertz CT molecular complexity index is 504. The second kappa shape index (κ2) is 6.76. The van der Waals surface area contributed by atoms with Crippen LogP contribution in [0.15, 0.2) is 18.2 Å². The molecule has 1 aliphatic rings. The molecule has 2 rings (SSSR count). The van der Waals surface area contributed by atoms with E-state index < -0.39 is 0 Å². The number of hydrogen-bond acceptors (Lipinski definition) is 5. The molecule has 0 aliphatic carbocycles. The number of nitro groups is 1. The van der Waals surface area contributed by atoms with Crippen molar-refractivity contribution in [3.8, 4) is 0 Å². The molecule has 116 valence electrons. The lowest BCUT2D eigenvalue weighted by atomic mass is 10.1. The Morgan fingerprint density at radius 3 is 2.81 bits per heavy atom. The van der Waals surface area contributed by atoms with Gasteiger partial charge >= 0.3 is 0 Å². The van der Waals surface area contributed by atoms with Gasteiger partial charge in [0.15, 0.2) is 0 Å². The monoisotopic (exact) mass is 292 g/mol. The van der Waals surface area contributed by atoms with Crippen molar-refractivity contribution in [2.45, 2.75) is 25.8 Å². The molecule has 1 aromatic rings. The van der Waals surface area contributed by atoms with Crippen LogP contribution in [0.25, 0.3) is 0 Å². The summed E-state index contributed by atoms with van der Waals surface area (Å²) >= 11 is 0. The first-order valence-electron chi connectivity index (χ1n) is 7.46. The largest absolute Gasteiger partial charge is 0.385 e. The molecule has 0 bridgehead atoms. The highest BCUT2D eigenvalue weighted by Gasteiger charge is 2.26. The fourth-order valence-corrected chi connectivity index (χ4v) is 2.96. The van der Waals surface area contributed by atoms with E-state index in [1.165, 1.54) is 0 Å². The van der Waals surface area contributed by atoms with Crippen molar-refractivity contribution in [1.29, 1.82) is 0 Å². The normalized spacial score (nSPS) is 18.3. The van der Waals surface area contributed by atoms with Crippen molar-refractivity contribution in [1.82, 2.24) is 4.90 Å². The van der Waals surface area contributed by atoms with Crippen molar-refractivity contribution < 1.29 is 4.92 Å². The highest BCUT2D eigenvalue weighted by Crippen LogP contribution is 2.32. The lowest BCUT2D eigenvalue weighted by Crippen LogP contribution is -2.37. The zero-order valence-electron chi connectivity index (χ0n) is 13.0. The average molecular weight is 292 g/mol. The number of nitro benzene ring substituents is 1. The summed E-state index contributed by atoms with van der Waals surface area (Å²) < 4.78 is 0. The Labute approximate surface area is 125 Å². The van der Waals surface area contributed by atoms with Gasteiger partial charge in [-0.05, 0) is 39.9 Å². The first kappa shape index (κ1) is 15.6. The van der Waals surface area contributed by atoms with Crippen molar-refractivity contribution >= 4 is 17.1 Å². The SMILES string of the molecule is CCNc1cc(N2CCCC2CN(C)C)cc([N+](=O)[O-])c1. The van der Waals surface area contributed by atoms with Crippen LogP contribution in [0.3, 0.4) is 0 Å². The van der Waals surface area contributed by atoms with E-state index in [1.54, 1.807) is 12.1 Å². The van der Waals surface area contributed by atoms with E-state index in [4.69, 9.17) is 0 Å². The molecule has 1 unspecified atom stereocenters. The number of benzene rings is 1. The summed E-state index contributed by atoms with van der Waals surface area (Å²) in [6.45, 7) is 4.68. The summed E-state index contributed by atoms with van der Waals surface area (Å²) in [7, 11) is 4.13. The lowest BCUT2D eigenvalue weighted by molar-refractivity contribution is -0.384. The predicted octanol–water partition coefficient (Wildman–Crippen LogP) is 2.56. The van der Waals surface area contributed by atoms with Gasteiger partial charge in [0.2, 0.25) is 0 Å². The van der Waals surface area contributed by atoms with Crippen LogP contribution in [-0.4, -0.2) is 49.6 Å². The first-order chi connectivity index (χ1) is 10.0. The van der Waals surface area contributed by atoms with Gasteiger partial charge in [0, 0.05) is 49.2 Å². The molecule has 6 nitrogen and oxygen atoms in total. The van der Waals surface area contributed by atoms with Gasteiger partial charge < -0.3 is 15.1 Å². The average Bonchev–Trinajstić information content (AvgIpc) is 2.86. The Balaban J connectivity index is 2.30. The quantitative estimate of drug-likeness (QED) is 0.645. The van der Waals surface area contributed by atoms with Crippen LogP contribution in [0.2, 0.25) is 0 Å². The minimum absolute atomic E-state index is 0.152. The molecule has 0 radical (unpaired) electrons. The number of hydrogen-bond donors (Lipinski definition) is 1. The number of non-ortho nitro benzene ring substituents is 1. The molecule has 1 saturated heterocycles. The van der Waals surface area contributed by atoms with Crippen molar-refractivity contribution in [3.05, 3.63) is 28.3 Å². The molecule has 0 saturated carbocycles. The van der Waals surface area contributed by atoms with Crippen LogP contribution < -0.4 is 10.2 Å². The maximum atomic E-state index is 11.1. The second-order valence-corrected chi connectivity index (χ2v) is 5.78. The van der Waals surface area contributed by atoms with Gasteiger partial charge in [-0.2, -0.15) is 0 Å². The molecular formula is C15H24N4O2. The lowest BCUT2D eigenvalue weighted by Gasteiger charge is -2.29. The smallest absolute Gasteiger partial charge is 0.273 e. The van der Waals surface area contributed by atoms with Crippen molar-refractivity contribution in [3.63, 3.8) is 0 Å². The third-order valence-electron chi connectivity index (χ3n) is 3.78. The summed E-state index contributed by atoms with van der Waals surface area (Å²) in [4.78, 5) is 15.3. The van der Waals surface area contributed by atoms with E-state index in [2.05, 4.69) is 29.2 Å². The summed E-state index contributed by atoms with van der Waals surface area (Å²) in [5.41, 5.74) is 1.92. The summed E-state index contributed by atoms with van der Waals surface area (Å²) in [5, 5.41) is 14.3. The molecule has 21 heavy (non-hydrogen) atoms. The van der Waals surface area contributed by atoms with Gasteiger partial charge in [-0.15, -0.1) is 0 Å². The first-order valence-corrected chi connectivity index (χ1v) is 7.46. The summed E-state index contributed by atoms with van der Waals surface area (Å²) in [5.74, 6) is 0. The fraction of sp³-hybridized carbons (Fsp3) is 0.600. The van der Waals surface area contributed by atoms with Crippen molar-refractivity contribution in [2.75, 3.05) is 43.9 Å². The van der Waals surface area contributed by atoms with Crippen LogP contribution in [0.4, 0.5) is 17.1 Å². The number of rotatable bonds is 6. The standard InChI is InChI=1S/C15H24N4O2/c1-4-16-12-8-14(10-15(9-12)19(20)21)18-7-5-6-13(18)11-17(2)3/h8-10,13,16H,4-7,11H2,1-3H3. The molecule has 1 N–H and O–H groups in total. The maximum absolute atomic E-state index is 11.1. The Hall–Kier alpha value is -1.82. The summed E-state index contributed by atoms with van der Waals surface area (Å²) in [6, 6.07) is 5.74. The predicted molar refractivity (Wildman–Crippen MR) is 86.2 cm³/mol. The minimum Gasteiger partial charge on any atom is -0.385 e. The van der Waals surface area contributed by atoms with E-state index >= 15 is 0 Å². The zero-order valence-corrected chi connectivity index (χ0v) is 13.0. The molecule has 1 fully saturated rings. The molecule has 1 heterocycles. The van der Waals surface area contributed by atoms with Gasteiger partial charge in [-0.1, -0.05) is 0 Å². The van der Waals surface area contributed by atoms with E-state index in [-0.39, 0.29) is 10.6 Å². The zero-order chi connectivity index (χ0) is 15.4. The highest BCUT2D eigenvalue weighted by molar-refractivity contribution is 5.65. The van der Waals surface area contributed by atoms with E-state index in [9.17, 15) is 10.1 Å². The number of likely N-dealkylation sites (N-methyl/N-ethyl adjacent to an activating group) is 1. The van der Waals surface area contributed by atoms with Gasteiger partial charge in [-0.25, -0.2) is 0 Å². The second-order valence-electron chi connectivity index (χ2n) is 5.78. The third kappa shape index (κ3) is 3.85. The highest BCUT2D eigenvalue weighted by atomic mass is 16.6. The maximum Gasteiger partial charge on any atom is 0.273 e.